The second-order valence-electron chi connectivity index (χ2n) is 14.1. The van der Waals surface area contributed by atoms with Crippen LogP contribution in [0.15, 0.2) is 115 Å². The van der Waals surface area contributed by atoms with Crippen LogP contribution in [0.5, 0.6) is 0 Å². The summed E-state index contributed by atoms with van der Waals surface area (Å²) in [6, 6.07) is 39.6. The van der Waals surface area contributed by atoms with E-state index in [0.717, 1.165) is 46.3 Å². The van der Waals surface area contributed by atoms with Gasteiger partial charge in [-0.05, 0) is 77.0 Å². The Kier molecular flexibility index (Phi) is 13.0. The van der Waals surface area contributed by atoms with Crippen molar-refractivity contribution >= 4 is 22.6 Å². The molecule has 8 heteroatoms. The fourth-order valence-corrected chi connectivity index (χ4v) is 7.03. The molecule has 0 radical (unpaired) electrons. The first-order valence-corrected chi connectivity index (χ1v) is 18.6. The number of rotatable bonds is 16. The van der Waals surface area contributed by atoms with Gasteiger partial charge in [-0.15, -0.1) is 0 Å². The monoisotopic (exact) mass is 714 g/mol. The van der Waals surface area contributed by atoms with Crippen LogP contribution in [0.25, 0.3) is 21.9 Å². The molecule has 3 N–H and O–H groups in total. The molecule has 1 heterocycles. The normalized spacial score (nSPS) is 17.8. The van der Waals surface area contributed by atoms with Crippen LogP contribution in [-0.4, -0.2) is 46.7 Å². The number of aliphatic hydroxyl groups excluding tert-OH is 1. The molecule has 53 heavy (non-hydrogen) atoms. The van der Waals surface area contributed by atoms with Gasteiger partial charge in [0.1, 0.15) is 0 Å². The Morgan fingerprint density at radius 3 is 2.26 bits per heavy atom. The zero-order chi connectivity index (χ0) is 37.2. The highest BCUT2D eigenvalue weighted by Crippen LogP contribution is 2.39. The topological polar surface area (TPSA) is 108 Å². The number of benzene rings is 5. The van der Waals surface area contributed by atoms with Crippen LogP contribution < -0.4 is 5.32 Å². The van der Waals surface area contributed by atoms with Crippen LogP contribution in [0.3, 0.4) is 0 Å². The van der Waals surface area contributed by atoms with Gasteiger partial charge >= 0.3 is 5.97 Å². The quantitative estimate of drug-likeness (QED) is 0.0877. The number of hydrogen-bond donors (Lipinski definition) is 3. The SMILES string of the molecule is CC(c1ccc2ccccc2c1)N(C)CC1CC(c2ccc(CO)cc2)OC(c2ccc(-c3ccccc3CNC(=O)CCCCCC(=O)O)cc2)O1. The molecular formula is C45H50N2O6. The summed E-state index contributed by atoms with van der Waals surface area (Å²) in [6.07, 6.45) is 2.34. The molecule has 1 saturated heterocycles. The first kappa shape index (κ1) is 37.9. The maximum atomic E-state index is 12.5. The molecule has 0 bridgehead atoms. The van der Waals surface area contributed by atoms with Gasteiger partial charge in [-0.2, -0.15) is 0 Å². The third kappa shape index (κ3) is 10.2. The fourth-order valence-electron chi connectivity index (χ4n) is 7.03. The minimum absolute atomic E-state index is 0.00432. The number of likely N-dealkylation sites (N-methyl/N-ethyl adjacent to an activating group) is 1. The Balaban J connectivity index is 1.14. The van der Waals surface area contributed by atoms with Crippen LogP contribution in [0, 0.1) is 0 Å². The van der Waals surface area contributed by atoms with Gasteiger partial charge in [0.15, 0.2) is 6.29 Å². The molecule has 6 rings (SSSR count). The van der Waals surface area contributed by atoms with Crippen molar-refractivity contribution in [3.05, 3.63) is 143 Å². The standard InChI is InChI=1S/C45H50N2O6/c1-31(37-25-20-33-10-6-7-11-38(33)26-37)47(2)29-40-27-42(35-18-16-32(30-48)17-19-35)53-45(52-40)36-23-21-34(22-24-36)41-13-9-8-12-39(41)28-46-43(49)14-4-3-5-15-44(50)51/h6-13,16-26,31,40,42,45,48H,3-5,14-15,27-30H2,1-2H3,(H,46,49)(H,50,51). The first-order valence-electron chi connectivity index (χ1n) is 18.6. The van der Waals surface area contributed by atoms with E-state index in [1.165, 1.54) is 16.3 Å². The van der Waals surface area contributed by atoms with Gasteiger partial charge in [0.2, 0.25) is 5.91 Å². The average Bonchev–Trinajstić information content (AvgIpc) is 3.19. The van der Waals surface area contributed by atoms with E-state index in [2.05, 4.69) is 97.0 Å². The van der Waals surface area contributed by atoms with Gasteiger partial charge in [-0.25, -0.2) is 0 Å². The number of nitrogens with one attached hydrogen (secondary N) is 1. The summed E-state index contributed by atoms with van der Waals surface area (Å²) in [6.45, 7) is 3.36. The van der Waals surface area contributed by atoms with E-state index in [1.807, 2.05) is 42.5 Å². The Hall–Kier alpha value is -4.86. The van der Waals surface area contributed by atoms with E-state index in [0.29, 0.717) is 32.2 Å². The molecule has 0 saturated carbocycles. The van der Waals surface area contributed by atoms with Crippen LogP contribution in [0.4, 0.5) is 0 Å². The third-order valence-corrected chi connectivity index (χ3v) is 10.3. The number of carbonyl (C=O) groups is 2. The largest absolute Gasteiger partial charge is 0.481 e. The van der Waals surface area contributed by atoms with Crippen LogP contribution in [0.2, 0.25) is 0 Å². The highest BCUT2D eigenvalue weighted by Gasteiger charge is 2.33. The van der Waals surface area contributed by atoms with Gasteiger partial charge in [0.25, 0.3) is 0 Å². The Morgan fingerprint density at radius 2 is 1.51 bits per heavy atom. The van der Waals surface area contributed by atoms with Crippen molar-refractivity contribution in [1.82, 2.24) is 10.2 Å². The lowest BCUT2D eigenvalue weighted by atomic mass is 9.97. The summed E-state index contributed by atoms with van der Waals surface area (Å²) >= 11 is 0. The number of ether oxygens (including phenoxy) is 2. The first-order chi connectivity index (χ1) is 25.8. The molecule has 1 fully saturated rings. The number of hydrogen-bond acceptors (Lipinski definition) is 6. The third-order valence-electron chi connectivity index (χ3n) is 10.3. The van der Waals surface area contributed by atoms with Crippen molar-refractivity contribution in [2.75, 3.05) is 13.6 Å². The summed E-state index contributed by atoms with van der Waals surface area (Å²) in [5.74, 6) is -0.841. The van der Waals surface area contributed by atoms with Crippen LogP contribution in [-0.2, 0) is 32.2 Å². The molecule has 276 valence electrons. The number of amides is 1. The number of aliphatic hydroxyl groups is 1. The molecule has 8 nitrogen and oxygen atoms in total. The molecule has 5 aromatic carbocycles. The highest BCUT2D eigenvalue weighted by molar-refractivity contribution is 5.83. The molecule has 0 aliphatic carbocycles. The van der Waals surface area contributed by atoms with Crippen LogP contribution >= 0.6 is 0 Å². The number of carboxylic acid groups (broad SMARTS) is 1. The smallest absolute Gasteiger partial charge is 0.303 e. The molecule has 1 amide bonds. The molecule has 4 atom stereocenters. The van der Waals surface area contributed by atoms with E-state index in [4.69, 9.17) is 14.6 Å². The van der Waals surface area contributed by atoms with Crippen molar-refractivity contribution in [2.24, 2.45) is 0 Å². The summed E-state index contributed by atoms with van der Waals surface area (Å²) in [7, 11) is 2.15. The molecule has 0 spiro atoms. The Labute approximate surface area is 312 Å². The fraction of sp³-hybridized carbons (Fsp3) is 0.333. The summed E-state index contributed by atoms with van der Waals surface area (Å²) < 4.78 is 13.4. The van der Waals surface area contributed by atoms with Crippen molar-refractivity contribution in [3.63, 3.8) is 0 Å². The average molecular weight is 715 g/mol. The molecule has 1 aliphatic rings. The van der Waals surface area contributed by atoms with Crippen molar-refractivity contribution < 1.29 is 29.3 Å². The number of fused-ring (bicyclic) bond motifs is 1. The Bertz CT molecular complexity index is 1960. The number of aliphatic carboxylic acids is 1. The number of nitrogens with zero attached hydrogens (tertiary/aromatic N) is 1. The second kappa shape index (κ2) is 18.3. The van der Waals surface area contributed by atoms with Crippen molar-refractivity contribution in [3.8, 4) is 11.1 Å². The van der Waals surface area contributed by atoms with Crippen molar-refractivity contribution in [1.29, 1.82) is 0 Å². The Morgan fingerprint density at radius 1 is 0.811 bits per heavy atom. The zero-order valence-corrected chi connectivity index (χ0v) is 30.6. The maximum Gasteiger partial charge on any atom is 0.303 e. The maximum absolute atomic E-state index is 12.5. The summed E-state index contributed by atoms with van der Waals surface area (Å²) in [5.41, 5.74) is 7.18. The van der Waals surface area contributed by atoms with E-state index < -0.39 is 12.3 Å². The van der Waals surface area contributed by atoms with Gasteiger partial charge in [-0.3, -0.25) is 14.5 Å². The summed E-state index contributed by atoms with van der Waals surface area (Å²) in [5, 5.41) is 23.9. The molecule has 4 unspecified atom stereocenters. The molecule has 5 aromatic rings. The van der Waals surface area contributed by atoms with E-state index >= 15 is 0 Å². The predicted molar refractivity (Wildman–Crippen MR) is 208 cm³/mol. The van der Waals surface area contributed by atoms with Crippen LogP contribution in [0.1, 0.15) is 91.7 Å². The van der Waals surface area contributed by atoms with Gasteiger partial charge in [0, 0.05) is 44.0 Å². The van der Waals surface area contributed by atoms with Gasteiger partial charge < -0.3 is 25.0 Å². The number of unbranched alkanes of at least 4 members (excludes halogenated alkanes) is 2. The van der Waals surface area contributed by atoms with E-state index in [-0.39, 0.29) is 37.2 Å². The number of carbonyl (C=O) groups excluding carboxylic acids is 1. The van der Waals surface area contributed by atoms with E-state index in [9.17, 15) is 14.7 Å². The minimum Gasteiger partial charge on any atom is -0.481 e. The molecule has 1 aliphatic heterocycles. The zero-order valence-electron chi connectivity index (χ0n) is 30.6. The minimum atomic E-state index is -0.803. The van der Waals surface area contributed by atoms with Crippen molar-refractivity contribution in [2.45, 2.75) is 83.1 Å². The lowest BCUT2D eigenvalue weighted by molar-refractivity contribution is -0.253. The van der Waals surface area contributed by atoms with Gasteiger partial charge in [-0.1, -0.05) is 116 Å². The van der Waals surface area contributed by atoms with E-state index in [1.54, 1.807) is 0 Å². The number of carboxylic acids is 1. The lowest BCUT2D eigenvalue weighted by Gasteiger charge is -2.39. The molecule has 0 aromatic heterocycles. The predicted octanol–water partition coefficient (Wildman–Crippen LogP) is 8.89. The van der Waals surface area contributed by atoms with Gasteiger partial charge in [0.05, 0.1) is 18.8 Å². The molecular weight excluding hydrogens is 665 g/mol. The lowest BCUT2D eigenvalue weighted by Crippen LogP contribution is -2.38. The summed E-state index contributed by atoms with van der Waals surface area (Å²) in [4.78, 5) is 25.6. The highest BCUT2D eigenvalue weighted by atomic mass is 16.7. The second-order valence-corrected chi connectivity index (χ2v) is 14.1.